The van der Waals surface area contributed by atoms with Crippen LogP contribution in [-0.2, 0) is 0 Å². The van der Waals surface area contributed by atoms with E-state index in [1.165, 1.54) is 0 Å². The molecule has 3 N–H and O–H groups in total. The predicted octanol–water partition coefficient (Wildman–Crippen LogP) is 2.34. The number of aromatic hydroxyl groups is 1. The molecule has 0 aliphatic rings. The summed E-state index contributed by atoms with van der Waals surface area (Å²) in [7, 11) is 0. The first-order valence-electron chi connectivity index (χ1n) is 2.54. The SMILES string of the molecule is Nc1cc(I)cc(Br)c1O. The minimum absolute atomic E-state index is 0.111. The molecule has 0 aliphatic carbocycles. The maximum atomic E-state index is 9.16. The molecule has 2 nitrogen and oxygen atoms in total. The summed E-state index contributed by atoms with van der Waals surface area (Å²) in [6.45, 7) is 0. The van der Waals surface area contributed by atoms with Gasteiger partial charge in [0, 0.05) is 3.57 Å². The molecule has 0 aliphatic heterocycles. The Balaban J connectivity index is 3.31. The van der Waals surface area contributed by atoms with E-state index >= 15 is 0 Å². The highest BCUT2D eigenvalue weighted by Crippen LogP contribution is 2.31. The number of anilines is 1. The van der Waals surface area contributed by atoms with E-state index in [1.807, 2.05) is 0 Å². The molecule has 0 aromatic heterocycles. The standard InChI is InChI=1S/C6H5BrINO/c7-4-1-3(8)2-5(9)6(4)10/h1-2,10H,9H2. The van der Waals surface area contributed by atoms with Crippen LogP contribution in [0.4, 0.5) is 5.69 Å². The van der Waals surface area contributed by atoms with E-state index in [0.717, 1.165) is 3.57 Å². The van der Waals surface area contributed by atoms with Gasteiger partial charge in [0.05, 0.1) is 10.2 Å². The summed E-state index contributed by atoms with van der Waals surface area (Å²) in [6, 6.07) is 3.51. The van der Waals surface area contributed by atoms with Crippen LogP contribution in [0.25, 0.3) is 0 Å². The Morgan fingerprint density at radius 3 is 2.60 bits per heavy atom. The highest BCUT2D eigenvalue weighted by molar-refractivity contribution is 14.1. The Labute approximate surface area is 80.7 Å². The van der Waals surface area contributed by atoms with E-state index in [2.05, 4.69) is 38.5 Å². The summed E-state index contributed by atoms with van der Waals surface area (Å²) in [5, 5.41) is 9.16. The Hall–Kier alpha value is 0.0300. The molecule has 54 valence electrons. The number of nitrogen functional groups attached to an aromatic ring is 1. The first-order valence-corrected chi connectivity index (χ1v) is 4.42. The summed E-state index contributed by atoms with van der Waals surface area (Å²) in [4.78, 5) is 0. The van der Waals surface area contributed by atoms with Gasteiger partial charge in [-0.05, 0) is 50.7 Å². The number of rotatable bonds is 0. The molecular formula is C6H5BrINO. The molecule has 0 spiro atoms. The number of nitrogens with two attached hydrogens (primary N) is 1. The number of hydrogen-bond acceptors (Lipinski definition) is 2. The fourth-order valence-electron chi connectivity index (χ4n) is 0.586. The van der Waals surface area contributed by atoms with Gasteiger partial charge in [-0.1, -0.05) is 0 Å². The molecule has 0 bridgehead atoms. The van der Waals surface area contributed by atoms with Crippen molar-refractivity contribution in [3.63, 3.8) is 0 Å². The van der Waals surface area contributed by atoms with Crippen LogP contribution in [0.2, 0.25) is 0 Å². The predicted molar refractivity (Wildman–Crippen MR) is 52.9 cm³/mol. The van der Waals surface area contributed by atoms with Gasteiger partial charge in [-0.25, -0.2) is 0 Å². The van der Waals surface area contributed by atoms with Crippen LogP contribution in [-0.4, -0.2) is 5.11 Å². The van der Waals surface area contributed by atoms with Gasteiger partial charge < -0.3 is 10.8 Å². The molecule has 0 saturated heterocycles. The average Bonchev–Trinajstić information content (AvgIpc) is 1.82. The molecule has 0 amide bonds. The van der Waals surface area contributed by atoms with Crippen molar-refractivity contribution in [1.29, 1.82) is 0 Å². The number of hydrogen-bond donors (Lipinski definition) is 2. The van der Waals surface area contributed by atoms with Gasteiger partial charge >= 0.3 is 0 Å². The topological polar surface area (TPSA) is 46.2 Å². The van der Waals surface area contributed by atoms with Gasteiger partial charge in [-0.15, -0.1) is 0 Å². The lowest BCUT2D eigenvalue weighted by molar-refractivity contribution is 0.474. The number of benzene rings is 1. The van der Waals surface area contributed by atoms with Crippen molar-refractivity contribution in [2.45, 2.75) is 0 Å². The lowest BCUT2D eigenvalue weighted by Crippen LogP contribution is -1.86. The van der Waals surface area contributed by atoms with E-state index in [9.17, 15) is 0 Å². The van der Waals surface area contributed by atoms with Gasteiger partial charge in [0.1, 0.15) is 0 Å². The zero-order valence-corrected chi connectivity index (χ0v) is 8.68. The van der Waals surface area contributed by atoms with Crippen LogP contribution in [0.15, 0.2) is 16.6 Å². The molecule has 0 heterocycles. The highest BCUT2D eigenvalue weighted by atomic mass is 127. The van der Waals surface area contributed by atoms with E-state index in [4.69, 9.17) is 10.8 Å². The zero-order chi connectivity index (χ0) is 7.72. The molecule has 1 aromatic carbocycles. The second kappa shape index (κ2) is 2.96. The minimum Gasteiger partial charge on any atom is -0.505 e. The summed E-state index contributed by atoms with van der Waals surface area (Å²) in [5.74, 6) is 0.111. The summed E-state index contributed by atoms with van der Waals surface area (Å²) >= 11 is 5.29. The smallest absolute Gasteiger partial charge is 0.152 e. The number of phenols is 1. The van der Waals surface area contributed by atoms with E-state index in [-0.39, 0.29) is 5.75 Å². The van der Waals surface area contributed by atoms with Crippen LogP contribution in [0.3, 0.4) is 0 Å². The fraction of sp³-hybridized carbons (Fsp3) is 0. The maximum Gasteiger partial charge on any atom is 0.152 e. The molecule has 0 atom stereocenters. The molecule has 1 rings (SSSR count). The highest BCUT2D eigenvalue weighted by Gasteiger charge is 2.02. The molecule has 1 aromatic rings. The maximum absolute atomic E-state index is 9.16. The first kappa shape index (κ1) is 8.13. The van der Waals surface area contributed by atoms with Crippen molar-refractivity contribution in [3.8, 4) is 5.75 Å². The normalized spacial score (nSPS) is 9.80. The molecule has 0 radical (unpaired) electrons. The van der Waals surface area contributed by atoms with Crippen LogP contribution in [0.1, 0.15) is 0 Å². The molecule has 0 saturated carbocycles. The van der Waals surface area contributed by atoms with Crippen molar-refractivity contribution in [2.24, 2.45) is 0 Å². The first-order chi connectivity index (χ1) is 4.61. The monoisotopic (exact) mass is 313 g/mol. The molecule has 0 unspecified atom stereocenters. The summed E-state index contributed by atoms with van der Waals surface area (Å²) in [6.07, 6.45) is 0. The van der Waals surface area contributed by atoms with Crippen molar-refractivity contribution in [1.82, 2.24) is 0 Å². The Bertz CT molecular complexity index is 241. The van der Waals surface area contributed by atoms with Crippen LogP contribution >= 0.6 is 38.5 Å². The Kier molecular flexibility index (Phi) is 2.40. The molecular weight excluding hydrogens is 309 g/mol. The third kappa shape index (κ3) is 1.54. The lowest BCUT2D eigenvalue weighted by Gasteiger charge is -2.00. The molecule has 10 heavy (non-hydrogen) atoms. The number of phenolic OH excluding ortho intramolecular Hbond substituents is 1. The minimum atomic E-state index is 0.111. The van der Waals surface area contributed by atoms with Gasteiger partial charge in [-0.2, -0.15) is 0 Å². The van der Waals surface area contributed by atoms with E-state index < -0.39 is 0 Å². The van der Waals surface area contributed by atoms with Gasteiger partial charge in [0.15, 0.2) is 5.75 Å². The fourth-order valence-corrected chi connectivity index (χ4v) is 2.14. The van der Waals surface area contributed by atoms with E-state index in [0.29, 0.717) is 10.2 Å². The number of halogens is 2. The zero-order valence-electron chi connectivity index (χ0n) is 4.94. The van der Waals surface area contributed by atoms with Crippen molar-refractivity contribution in [3.05, 3.63) is 20.2 Å². The van der Waals surface area contributed by atoms with Gasteiger partial charge in [-0.3, -0.25) is 0 Å². The van der Waals surface area contributed by atoms with Gasteiger partial charge in [0.25, 0.3) is 0 Å². The Morgan fingerprint density at radius 2 is 2.10 bits per heavy atom. The van der Waals surface area contributed by atoms with Crippen molar-refractivity contribution >= 4 is 44.2 Å². The second-order valence-corrected chi connectivity index (χ2v) is 3.93. The quantitative estimate of drug-likeness (QED) is 0.439. The van der Waals surface area contributed by atoms with Crippen LogP contribution in [0.5, 0.6) is 5.75 Å². The second-order valence-electron chi connectivity index (χ2n) is 1.83. The summed E-state index contributed by atoms with van der Waals surface area (Å²) < 4.78 is 1.64. The third-order valence-corrected chi connectivity index (χ3v) is 2.28. The van der Waals surface area contributed by atoms with Crippen molar-refractivity contribution in [2.75, 3.05) is 5.73 Å². The lowest BCUT2D eigenvalue weighted by atomic mass is 10.3. The van der Waals surface area contributed by atoms with Gasteiger partial charge in [0.2, 0.25) is 0 Å². The average molecular weight is 314 g/mol. The molecule has 4 heteroatoms. The van der Waals surface area contributed by atoms with Crippen LogP contribution < -0.4 is 5.73 Å². The van der Waals surface area contributed by atoms with E-state index in [1.54, 1.807) is 12.1 Å². The molecule has 0 fully saturated rings. The largest absolute Gasteiger partial charge is 0.505 e. The summed E-state index contributed by atoms with van der Waals surface area (Å²) in [5.41, 5.74) is 5.84. The van der Waals surface area contributed by atoms with Crippen LogP contribution in [0, 0.1) is 3.57 Å². The van der Waals surface area contributed by atoms with Crippen molar-refractivity contribution < 1.29 is 5.11 Å². The Morgan fingerprint density at radius 1 is 1.50 bits per heavy atom. The third-order valence-electron chi connectivity index (χ3n) is 1.06.